The molecule has 0 aromatic carbocycles. The van der Waals surface area contributed by atoms with Crippen molar-refractivity contribution in [1.82, 2.24) is 14.9 Å². The largest absolute Gasteiger partial charge is 0.466 e. The molecule has 0 unspecified atom stereocenters. The Morgan fingerprint density at radius 1 is 1.50 bits per heavy atom. The third-order valence-electron chi connectivity index (χ3n) is 2.61. The van der Waals surface area contributed by atoms with Crippen LogP contribution in [0.4, 0.5) is 0 Å². The highest BCUT2D eigenvalue weighted by atomic mass is 16.5. The van der Waals surface area contributed by atoms with Crippen LogP contribution in [0.3, 0.4) is 0 Å². The number of rotatable bonds is 9. The Balaban J connectivity index is 2.14. The van der Waals surface area contributed by atoms with Crippen molar-refractivity contribution in [2.75, 3.05) is 13.2 Å². The van der Waals surface area contributed by atoms with Gasteiger partial charge in [-0.1, -0.05) is 6.92 Å². The van der Waals surface area contributed by atoms with E-state index in [4.69, 9.17) is 4.74 Å². The van der Waals surface area contributed by atoms with E-state index in [1.807, 2.05) is 19.4 Å². The van der Waals surface area contributed by atoms with Gasteiger partial charge in [-0.25, -0.2) is 4.98 Å². The lowest BCUT2D eigenvalue weighted by Gasteiger charge is -2.08. The predicted molar refractivity (Wildman–Crippen MR) is 70.1 cm³/mol. The first kappa shape index (κ1) is 14.7. The van der Waals surface area contributed by atoms with Crippen LogP contribution in [0.1, 0.15) is 38.8 Å². The van der Waals surface area contributed by atoms with Gasteiger partial charge >= 0.3 is 5.97 Å². The molecule has 1 N–H and O–H groups in total. The normalized spacial score (nSPS) is 10.6. The van der Waals surface area contributed by atoms with Gasteiger partial charge in [-0.3, -0.25) is 4.79 Å². The van der Waals surface area contributed by atoms with Crippen molar-refractivity contribution in [3.05, 3.63) is 18.2 Å². The number of ether oxygens (including phenoxy) is 1. The first-order valence-corrected chi connectivity index (χ1v) is 6.63. The molecule has 0 atom stereocenters. The lowest BCUT2D eigenvalue weighted by Crippen LogP contribution is -2.18. The van der Waals surface area contributed by atoms with Gasteiger partial charge in [-0.2, -0.15) is 0 Å². The van der Waals surface area contributed by atoms with Crippen molar-refractivity contribution in [3.63, 3.8) is 0 Å². The van der Waals surface area contributed by atoms with Gasteiger partial charge in [0.15, 0.2) is 0 Å². The van der Waals surface area contributed by atoms with Gasteiger partial charge in [-0.15, -0.1) is 0 Å². The quantitative estimate of drug-likeness (QED) is 0.538. The fourth-order valence-electron chi connectivity index (χ4n) is 1.74. The molecule has 0 radical (unpaired) electrons. The van der Waals surface area contributed by atoms with Gasteiger partial charge in [0.1, 0.15) is 0 Å². The van der Waals surface area contributed by atoms with E-state index in [1.54, 1.807) is 0 Å². The average Bonchev–Trinajstić information content (AvgIpc) is 2.77. The van der Waals surface area contributed by atoms with Crippen molar-refractivity contribution in [1.29, 1.82) is 0 Å². The Labute approximate surface area is 109 Å². The molecule has 0 spiro atoms. The lowest BCUT2D eigenvalue weighted by molar-refractivity contribution is -0.143. The third kappa shape index (κ3) is 5.31. The number of carbonyl (C=O) groups excluding carboxylic acids is 1. The van der Waals surface area contributed by atoms with Crippen LogP contribution < -0.4 is 5.32 Å². The van der Waals surface area contributed by atoms with Crippen molar-refractivity contribution >= 4 is 5.97 Å². The molecule has 0 bridgehead atoms. The Morgan fingerprint density at radius 2 is 2.33 bits per heavy atom. The summed E-state index contributed by atoms with van der Waals surface area (Å²) < 4.78 is 7.02. The number of imidazole rings is 1. The fraction of sp³-hybridized carbons (Fsp3) is 0.692. The molecule has 0 saturated carbocycles. The van der Waals surface area contributed by atoms with Crippen LogP contribution in [-0.2, 0) is 22.6 Å². The van der Waals surface area contributed by atoms with Gasteiger partial charge < -0.3 is 14.6 Å². The van der Waals surface area contributed by atoms with Crippen LogP contribution in [0.15, 0.2) is 12.5 Å². The zero-order valence-corrected chi connectivity index (χ0v) is 11.3. The number of esters is 1. The van der Waals surface area contributed by atoms with Gasteiger partial charge in [-0.05, 0) is 26.3 Å². The van der Waals surface area contributed by atoms with Crippen LogP contribution in [-0.4, -0.2) is 28.7 Å². The molecule has 1 rings (SSSR count). The van der Waals surface area contributed by atoms with E-state index in [0.29, 0.717) is 13.0 Å². The maximum absolute atomic E-state index is 11.1. The van der Waals surface area contributed by atoms with Gasteiger partial charge in [0.25, 0.3) is 0 Å². The molecular formula is C13H23N3O2. The van der Waals surface area contributed by atoms with E-state index in [-0.39, 0.29) is 5.97 Å². The minimum absolute atomic E-state index is 0.115. The molecule has 5 heteroatoms. The Bertz CT molecular complexity index is 350. The van der Waals surface area contributed by atoms with Crippen LogP contribution in [0, 0.1) is 0 Å². The summed E-state index contributed by atoms with van der Waals surface area (Å²) in [5.74, 6) is -0.115. The van der Waals surface area contributed by atoms with Crippen molar-refractivity contribution in [2.45, 2.75) is 46.2 Å². The van der Waals surface area contributed by atoms with Gasteiger partial charge in [0.05, 0.1) is 18.6 Å². The first-order valence-electron chi connectivity index (χ1n) is 6.63. The van der Waals surface area contributed by atoms with E-state index in [2.05, 4.69) is 21.8 Å². The molecule has 1 aromatic heterocycles. The molecule has 0 aliphatic carbocycles. The number of carbonyl (C=O) groups is 1. The highest BCUT2D eigenvalue weighted by Crippen LogP contribution is 2.00. The molecule has 102 valence electrons. The van der Waals surface area contributed by atoms with Crippen LogP contribution in [0.2, 0.25) is 0 Å². The second-order valence-corrected chi connectivity index (χ2v) is 4.16. The van der Waals surface area contributed by atoms with E-state index < -0.39 is 0 Å². The van der Waals surface area contributed by atoms with E-state index in [0.717, 1.165) is 32.5 Å². The zero-order chi connectivity index (χ0) is 13.2. The van der Waals surface area contributed by atoms with Crippen LogP contribution in [0.5, 0.6) is 0 Å². The summed E-state index contributed by atoms with van der Waals surface area (Å²) in [6.07, 6.45) is 6.13. The lowest BCUT2D eigenvalue weighted by atomic mass is 10.3. The second kappa shape index (κ2) is 8.69. The predicted octanol–water partition coefficient (Wildman–Crippen LogP) is 1.73. The minimum atomic E-state index is -0.115. The van der Waals surface area contributed by atoms with Crippen molar-refractivity contribution < 1.29 is 9.53 Å². The molecule has 18 heavy (non-hydrogen) atoms. The smallest absolute Gasteiger partial charge is 0.305 e. The highest BCUT2D eigenvalue weighted by molar-refractivity contribution is 5.69. The molecule has 1 heterocycles. The molecular weight excluding hydrogens is 230 g/mol. The second-order valence-electron chi connectivity index (χ2n) is 4.16. The van der Waals surface area contributed by atoms with Crippen LogP contribution >= 0.6 is 0 Å². The summed E-state index contributed by atoms with van der Waals surface area (Å²) >= 11 is 0. The summed E-state index contributed by atoms with van der Waals surface area (Å²) in [5, 5.41) is 3.32. The number of hydrogen-bond donors (Lipinski definition) is 1. The number of hydrogen-bond acceptors (Lipinski definition) is 4. The van der Waals surface area contributed by atoms with Crippen LogP contribution in [0.25, 0.3) is 0 Å². The van der Waals surface area contributed by atoms with Gasteiger partial charge in [0, 0.05) is 25.7 Å². The molecule has 5 nitrogen and oxygen atoms in total. The van der Waals surface area contributed by atoms with E-state index >= 15 is 0 Å². The fourth-order valence-corrected chi connectivity index (χ4v) is 1.74. The zero-order valence-electron chi connectivity index (χ0n) is 11.3. The number of nitrogens with one attached hydrogen (secondary N) is 1. The van der Waals surface area contributed by atoms with Crippen molar-refractivity contribution in [2.24, 2.45) is 0 Å². The number of aryl methyl sites for hydroxylation is 1. The third-order valence-corrected chi connectivity index (χ3v) is 2.61. The van der Waals surface area contributed by atoms with E-state index in [1.165, 1.54) is 5.69 Å². The molecule has 0 aliphatic heterocycles. The number of aromatic nitrogens is 2. The topological polar surface area (TPSA) is 56.2 Å². The van der Waals surface area contributed by atoms with Gasteiger partial charge in [0.2, 0.25) is 0 Å². The minimum Gasteiger partial charge on any atom is -0.466 e. The summed E-state index contributed by atoms with van der Waals surface area (Å²) in [5.41, 5.74) is 1.19. The maximum atomic E-state index is 11.1. The Hall–Kier alpha value is -1.36. The molecule has 0 aliphatic rings. The monoisotopic (exact) mass is 253 g/mol. The van der Waals surface area contributed by atoms with E-state index in [9.17, 15) is 4.79 Å². The maximum Gasteiger partial charge on any atom is 0.305 e. The summed E-state index contributed by atoms with van der Waals surface area (Å²) in [7, 11) is 0. The molecule has 0 fully saturated rings. The number of nitrogens with zero attached hydrogens (tertiary/aromatic N) is 2. The summed E-state index contributed by atoms with van der Waals surface area (Å²) in [6.45, 7) is 7.04. The summed E-state index contributed by atoms with van der Waals surface area (Å²) in [4.78, 5) is 15.3. The molecule has 1 aromatic rings. The summed E-state index contributed by atoms with van der Waals surface area (Å²) in [6, 6.07) is 0. The standard InChI is InChI=1S/C13H23N3O2/c1-3-8-16-11-15-10-12(16)9-14-7-5-6-13(17)18-4-2/h10-11,14H,3-9H2,1-2H3. The van der Waals surface area contributed by atoms with Crippen molar-refractivity contribution in [3.8, 4) is 0 Å². The Morgan fingerprint density at radius 3 is 3.06 bits per heavy atom. The SMILES string of the molecule is CCCn1cncc1CNCCCC(=O)OCC. The highest BCUT2D eigenvalue weighted by Gasteiger charge is 2.02. The average molecular weight is 253 g/mol. The molecule has 0 amide bonds. The molecule has 0 saturated heterocycles. The first-order chi connectivity index (χ1) is 8.77. The Kier molecular flexibility index (Phi) is 7.10.